The fourth-order valence-corrected chi connectivity index (χ4v) is 1.71. The molecule has 0 unspecified atom stereocenters. The third kappa shape index (κ3) is 4.72. The van der Waals surface area contributed by atoms with Gasteiger partial charge in [0, 0.05) is 31.7 Å². The van der Waals surface area contributed by atoms with Gasteiger partial charge in [0.15, 0.2) is 0 Å². The van der Waals surface area contributed by atoms with Gasteiger partial charge in [-0.05, 0) is 25.0 Å². The minimum Gasteiger partial charge on any atom is -0.370 e. The van der Waals surface area contributed by atoms with Crippen molar-refractivity contribution in [3.63, 3.8) is 0 Å². The molecule has 0 saturated carbocycles. The second kappa shape index (κ2) is 7.28. The van der Waals surface area contributed by atoms with E-state index in [1.54, 1.807) is 23.3 Å². The van der Waals surface area contributed by atoms with Crippen LogP contribution < -0.4 is 10.6 Å². The minimum atomic E-state index is -0.00328. The van der Waals surface area contributed by atoms with Gasteiger partial charge < -0.3 is 15.2 Å². The van der Waals surface area contributed by atoms with E-state index in [1.165, 1.54) is 0 Å². The number of aryl methyl sites for hydroxylation is 1. The number of carbonyl (C=O) groups excluding carboxylic acids is 1. The van der Waals surface area contributed by atoms with Crippen molar-refractivity contribution in [3.05, 3.63) is 42.6 Å². The van der Waals surface area contributed by atoms with Gasteiger partial charge in [0.1, 0.15) is 12.4 Å². The molecule has 0 atom stereocenters. The van der Waals surface area contributed by atoms with Crippen LogP contribution in [0.5, 0.6) is 0 Å². The monoisotopic (exact) mass is 273 g/mol. The number of hydrogen-bond acceptors (Lipinski definition) is 4. The predicted molar refractivity (Wildman–Crippen MR) is 77.3 cm³/mol. The van der Waals surface area contributed by atoms with Gasteiger partial charge in [0.05, 0.1) is 6.33 Å². The maximum atomic E-state index is 11.6. The molecule has 0 bridgehead atoms. The van der Waals surface area contributed by atoms with Crippen LogP contribution in [-0.4, -0.2) is 33.5 Å². The summed E-state index contributed by atoms with van der Waals surface area (Å²) in [5, 5.41) is 6.08. The van der Waals surface area contributed by atoms with Gasteiger partial charge in [0.25, 0.3) is 0 Å². The predicted octanol–water partition coefficient (Wildman–Crippen LogP) is 1.20. The molecular formula is C14H19N5O. The molecule has 2 N–H and O–H groups in total. The largest absolute Gasteiger partial charge is 0.370 e. The van der Waals surface area contributed by atoms with Crippen LogP contribution in [0.15, 0.2) is 37.1 Å². The molecule has 6 heteroatoms. The van der Waals surface area contributed by atoms with Crippen molar-refractivity contribution >= 4 is 11.7 Å². The second-order valence-electron chi connectivity index (χ2n) is 4.59. The lowest BCUT2D eigenvalue weighted by molar-refractivity contribution is -0.121. The highest BCUT2D eigenvalue weighted by Gasteiger charge is 2.01. The van der Waals surface area contributed by atoms with Crippen LogP contribution in [0.2, 0.25) is 0 Å². The number of carbonyl (C=O) groups is 1. The van der Waals surface area contributed by atoms with Crippen LogP contribution in [0, 0.1) is 6.92 Å². The van der Waals surface area contributed by atoms with E-state index in [4.69, 9.17) is 0 Å². The molecule has 0 aliphatic rings. The van der Waals surface area contributed by atoms with E-state index in [-0.39, 0.29) is 5.91 Å². The molecule has 0 spiro atoms. The van der Waals surface area contributed by atoms with Crippen molar-refractivity contribution < 1.29 is 4.79 Å². The van der Waals surface area contributed by atoms with E-state index < -0.39 is 0 Å². The Kier molecular flexibility index (Phi) is 5.11. The van der Waals surface area contributed by atoms with Gasteiger partial charge >= 0.3 is 0 Å². The number of rotatable bonds is 7. The van der Waals surface area contributed by atoms with Crippen LogP contribution in [-0.2, 0) is 11.3 Å². The molecule has 2 rings (SSSR count). The molecule has 20 heavy (non-hydrogen) atoms. The van der Waals surface area contributed by atoms with Crippen molar-refractivity contribution in [2.75, 3.05) is 18.4 Å². The molecular weight excluding hydrogens is 254 g/mol. The fraction of sp³-hybridized carbons (Fsp3) is 0.357. The highest BCUT2D eigenvalue weighted by atomic mass is 16.1. The van der Waals surface area contributed by atoms with Crippen molar-refractivity contribution in [2.45, 2.75) is 19.9 Å². The van der Waals surface area contributed by atoms with Crippen molar-refractivity contribution in [2.24, 2.45) is 0 Å². The number of imidazole rings is 1. The van der Waals surface area contributed by atoms with Crippen LogP contribution >= 0.6 is 0 Å². The second-order valence-corrected chi connectivity index (χ2v) is 4.59. The zero-order chi connectivity index (χ0) is 14.2. The number of nitrogens with one attached hydrogen (secondary N) is 2. The Hall–Kier alpha value is -2.37. The summed E-state index contributed by atoms with van der Waals surface area (Å²) in [5.74, 6) is 0.858. The number of anilines is 1. The summed E-state index contributed by atoms with van der Waals surface area (Å²) in [6, 6.07) is 3.97. The van der Waals surface area contributed by atoms with Gasteiger partial charge in [-0.25, -0.2) is 9.97 Å². The van der Waals surface area contributed by atoms with E-state index in [2.05, 4.69) is 20.6 Å². The van der Waals surface area contributed by atoms with Gasteiger partial charge in [-0.15, -0.1) is 0 Å². The van der Waals surface area contributed by atoms with Crippen LogP contribution in [0.25, 0.3) is 0 Å². The van der Waals surface area contributed by atoms with Crippen molar-refractivity contribution in [1.82, 2.24) is 19.9 Å². The third-order valence-electron chi connectivity index (χ3n) is 2.78. The summed E-state index contributed by atoms with van der Waals surface area (Å²) in [6.45, 7) is 3.74. The average molecular weight is 273 g/mol. The third-order valence-corrected chi connectivity index (χ3v) is 2.78. The first-order chi connectivity index (χ1) is 9.74. The van der Waals surface area contributed by atoms with Gasteiger partial charge in [-0.2, -0.15) is 0 Å². The summed E-state index contributed by atoms with van der Waals surface area (Å²) in [5.41, 5.74) is 1.14. The summed E-state index contributed by atoms with van der Waals surface area (Å²) < 4.78 is 1.74. The topological polar surface area (TPSA) is 71.8 Å². The lowest BCUT2D eigenvalue weighted by atomic mass is 10.3. The number of amides is 1. The molecule has 0 fully saturated rings. The van der Waals surface area contributed by atoms with Crippen molar-refractivity contribution in [3.8, 4) is 0 Å². The summed E-state index contributed by atoms with van der Waals surface area (Å²) >= 11 is 0. The summed E-state index contributed by atoms with van der Waals surface area (Å²) in [4.78, 5) is 19.7. The fourth-order valence-electron chi connectivity index (χ4n) is 1.71. The van der Waals surface area contributed by atoms with Gasteiger partial charge in [-0.1, -0.05) is 6.07 Å². The Balaban J connectivity index is 1.57. The maximum Gasteiger partial charge on any atom is 0.239 e. The number of nitrogens with zero attached hydrogens (tertiary/aromatic N) is 3. The molecule has 106 valence electrons. The maximum absolute atomic E-state index is 11.6. The van der Waals surface area contributed by atoms with Crippen LogP contribution in [0.4, 0.5) is 5.82 Å². The van der Waals surface area contributed by atoms with E-state index in [1.807, 2.05) is 25.3 Å². The SMILES string of the molecule is Cc1ccc(NCCCNC(=O)Cn2ccnc2)nc1. The van der Waals surface area contributed by atoms with Gasteiger partial charge in [-0.3, -0.25) is 4.79 Å². The Labute approximate surface area is 118 Å². The molecule has 6 nitrogen and oxygen atoms in total. The number of pyridine rings is 1. The molecule has 0 aliphatic carbocycles. The lowest BCUT2D eigenvalue weighted by Gasteiger charge is -2.07. The molecule has 2 aromatic rings. The Bertz CT molecular complexity index is 521. The summed E-state index contributed by atoms with van der Waals surface area (Å²) in [6.07, 6.45) is 7.74. The standard InChI is InChI=1S/C14H19N5O/c1-12-3-4-13(18-9-12)16-5-2-6-17-14(20)10-19-8-7-15-11-19/h3-4,7-9,11H,2,5-6,10H2,1H3,(H,16,18)(H,17,20). The minimum absolute atomic E-state index is 0.00328. The molecule has 0 radical (unpaired) electrons. The zero-order valence-corrected chi connectivity index (χ0v) is 11.5. The normalized spacial score (nSPS) is 10.2. The first kappa shape index (κ1) is 14.0. The van der Waals surface area contributed by atoms with Gasteiger partial charge in [0.2, 0.25) is 5.91 Å². The highest BCUT2D eigenvalue weighted by molar-refractivity contribution is 5.75. The smallest absolute Gasteiger partial charge is 0.239 e. The molecule has 0 saturated heterocycles. The van der Waals surface area contributed by atoms with E-state index in [0.29, 0.717) is 13.1 Å². The summed E-state index contributed by atoms with van der Waals surface area (Å²) in [7, 11) is 0. The Morgan fingerprint density at radius 2 is 2.25 bits per heavy atom. The van der Waals surface area contributed by atoms with E-state index in [0.717, 1.165) is 24.3 Å². The van der Waals surface area contributed by atoms with Crippen LogP contribution in [0.3, 0.4) is 0 Å². The number of hydrogen-bond donors (Lipinski definition) is 2. The first-order valence-corrected chi connectivity index (χ1v) is 6.63. The van der Waals surface area contributed by atoms with E-state index >= 15 is 0 Å². The lowest BCUT2D eigenvalue weighted by Crippen LogP contribution is -2.29. The molecule has 0 aromatic carbocycles. The average Bonchev–Trinajstić information content (AvgIpc) is 2.93. The highest BCUT2D eigenvalue weighted by Crippen LogP contribution is 2.03. The number of aromatic nitrogens is 3. The Morgan fingerprint density at radius 1 is 1.35 bits per heavy atom. The van der Waals surface area contributed by atoms with Crippen molar-refractivity contribution in [1.29, 1.82) is 0 Å². The Morgan fingerprint density at radius 3 is 2.95 bits per heavy atom. The van der Waals surface area contributed by atoms with Crippen LogP contribution in [0.1, 0.15) is 12.0 Å². The quantitative estimate of drug-likeness (QED) is 0.744. The molecule has 2 heterocycles. The van der Waals surface area contributed by atoms with E-state index in [9.17, 15) is 4.79 Å². The first-order valence-electron chi connectivity index (χ1n) is 6.63. The molecule has 1 amide bonds. The molecule has 2 aromatic heterocycles. The molecule has 0 aliphatic heterocycles. The zero-order valence-electron chi connectivity index (χ0n) is 11.5.